The van der Waals surface area contributed by atoms with Gasteiger partial charge in [0, 0.05) is 19.6 Å². The van der Waals surface area contributed by atoms with Crippen molar-refractivity contribution in [1.82, 2.24) is 14.8 Å². The van der Waals surface area contributed by atoms with Crippen LogP contribution in [0, 0.1) is 0 Å². The van der Waals surface area contributed by atoms with Crippen molar-refractivity contribution in [3.8, 4) is 0 Å². The lowest BCUT2D eigenvalue weighted by atomic mass is 10.2. The average molecular weight is 314 g/mol. The van der Waals surface area contributed by atoms with Crippen LogP contribution >= 0.6 is 11.8 Å². The number of rotatable bonds is 6. The topological polar surface area (TPSA) is 80.5 Å². The van der Waals surface area contributed by atoms with Crippen LogP contribution in [0.4, 0.5) is 5.95 Å². The molecule has 1 fully saturated rings. The van der Waals surface area contributed by atoms with Crippen LogP contribution in [-0.2, 0) is 16.1 Å². The first-order chi connectivity index (χ1) is 10.0. The van der Waals surface area contributed by atoms with Gasteiger partial charge in [0.25, 0.3) is 0 Å². The number of anilines is 1. The molecule has 1 aliphatic rings. The molecule has 2 atom stereocenters. The molecule has 7 nitrogen and oxygen atoms in total. The van der Waals surface area contributed by atoms with Crippen molar-refractivity contribution in [3.05, 3.63) is 0 Å². The molecule has 0 amide bonds. The van der Waals surface area contributed by atoms with Gasteiger partial charge in [-0.3, -0.25) is 9.36 Å². The highest BCUT2D eigenvalue weighted by atomic mass is 32.2. The summed E-state index contributed by atoms with van der Waals surface area (Å²) in [5, 5.41) is 17.9. The number of aliphatic carboxylic acids is 1. The molecule has 0 aliphatic carbocycles. The van der Waals surface area contributed by atoms with Gasteiger partial charge >= 0.3 is 5.97 Å². The number of morpholine rings is 1. The Kier molecular flexibility index (Phi) is 5.46. The van der Waals surface area contributed by atoms with Gasteiger partial charge in [-0.2, -0.15) is 0 Å². The number of carboxylic acids is 1. The summed E-state index contributed by atoms with van der Waals surface area (Å²) >= 11 is 1.21. The van der Waals surface area contributed by atoms with Crippen LogP contribution < -0.4 is 4.90 Å². The largest absolute Gasteiger partial charge is 0.481 e. The molecule has 2 rings (SSSR count). The molecule has 118 valence electrons. The van der Waals surface area contributed by atoms with Crippen molar-refractivity contribution in [1.29, 1.82) is 0 Å². The molecule has 1 N–H and O–H groups in total. The third kappa shape index (κ3) is 4.10. The zero-order valence-electron chi connectivity index (χ0n) is 12.7. The second-order valence-electron chi connectivity index (χ2n) is 5.28. The molecule has 1 aromatic heterocycles. The van der Waals surface area contributed by atoms with Crippen molar-refractivity contribution >= 4 is 23.7 Å². The first kappa shape index (κ1) is 16.1. The Morgan fingerprint density at radius 1 is 1.38 bits per heavy atom. The van der Waals surface area contributed by atoms with Crippen molar-refractivity contribution in [2.45, 2.75) is 51.1 Å². The fraction of sp³-hybridized carbons (Fsp3) is 0.769. The number of carboxylic acid groups (broad SMARTS) is 1. The molecule has 2 heterocycles. The van der Waals surface area contributed by atoms with Gasteiger partial charge in [-0.05, 0) is 20.3 Å². The monoisotopic (exact) mass is 314 g/mol. The van der Waals surface area contributed by atoms with E-state index in [2.05, 4.69) is 22.0 Å². The maximum Gasteiger partial charge on any atom is 0.313 e. The van der Waals surface area contributed by atoms with E-state index in [0.29, 0.717) is 5.16 Å². The smallest absolute Gasteiger partial charge is 0.313 e. The molecule has 0 spiro atoms. The van der Waals surface area contributed by atoms with E-state index >= 15 is 0 Å². The number of ether oxygens (including phenoxy) is 1. The minimum absolute atomic E-state index is 0.00222. The Morgan fingerprint density at radius 2 is 2.05 bits per heavy atom. The first-order valence-corrected chi connectivity index (χ1v) is 8.18. The quantitative estimate of drug-likeness (QED) is 0.796. The maximum atomic E-state index is 10.7. The Hall–Kier alpha value is -1.28. The van der Waals surface area contributed by atoms with Crippen LogP contribution in [0.5, 0.6) is 0 Å². The predicted molar refractivity (Wildman–Crippen MR) is 80.9 cm³/mol. The Labute approximate surface area is 128 Å². The molecule has 8 heteroatoms. The van der Waals surface area contributed by atoms with Gasteiger partial charge in [0.05, 0.1) is 18.0 Å². The predicted octanol–water partition coefficient (Wildman–Crippen LogP) is 1.48. The molecule has 1 aromatic rings. The number of thioether (sulfide) groups is 1. The standard InChI is InChI=1S/C13H22N4O3S/c1-4-5-17-12(14-15-13(17)21-8-11(18)19)16-6-9(2)20-10(3)7-16/h9-10H,4-8H2,1-3H3,(H,18,19)/t9-,10+. The molecular weight excluding hydrogens is 292 g/mol. The summed E-state index contributed by atoms with van der Waals surface area (Å²) in [6.45, 7) is 8.50. The lowest BCUT2D eigenvalue weighted by Crippen LogP contribution is -2.46. The van der Waals surface area contributed by atoms with E-state index in [9.17, 15) is 4.79 Å². The Morgan fingerprint density at radius 3 is 2.62 bits per heavy atom. The van der Waals surface area contributed by atoms with E-state index in [4.69, 9.17) is 9.84 Å². The van der Waals surface area contributed by atoms with Gasteiger partial charge < -0.3 is 14.7 Å². The number of hydrogen-bond acceptors (Lipinski definition) is 6. The zero-order valence-corrected chi connectivity index (χ0v) is 13.5. The van der Waals surface area contributed by atoms with E-state index < -0.39 is 5.97 Å². The molecule has 0 unspecified atom stereocenters. The SMILES string of the molecule is CCCn1c(SCC(=O)O)nnc1N1C[C@@H](C)O[C@@H](C)C1. The molecule has 0 bridgehead atoms. The van der Waals surface area contributed by atoms with E-state index in [1.807, 2.05) is 18.4 Å². The van der Waals surface area contributed by atoms with Crippen molar-refractivity contribution in [2.75, 3.05) is 23.7 Å². The van der Waals surface area contributed by atoms with Gasteiger partial charge in [-0.15, -0.1) is 10.2 Å². The minimum Gasteiger partial charge on any atom is -0.481 e. The van der Waals surface area contributed by atoms with Crippen LogP contribution in [0.1, 0.15) is 27.2 Å². The zero-order chi connectivity index (χ0) is 15.4. The Bertz CT molecular complexity index is 484. The maximum absolute atomic E-state index is 10.7. The summed E-state index contributed by atoms with van der Waals surface area (Å²) in [5.41, 5.74) is 0. The van der Waals surface area contributed by atoms with Crippen LogP contribution in [0.3, 0.4) is 0 Å². The number of nitrogens with zero attached hydrogens (tertiary/aromatic N) is 4. The molecule has 1 aliphatic heterocycles. The van der Waals surface area contributed by atoms with Gasteiger partial charge in [0.1, 0.15) is 0 Å². The van der Waals surface area contributed by atoms with Crippen LogP contribution in [0.15, 0.2) is 5.16 Å². The number of carbonyl (C=O) groups is 1. The number of hydrogen-bond donors (Lipinski definition) is 1. The summed E-state index contributed by atoms with van der Waals surface area (Å²) in [6, 6.07) is 0. The molecular formula is C13H22N4O3S. The first-order valence-electron chi connectivity index (χ1n) is 7.19. The summed E-state index contributed by atoms with van der Waals surface area (Å²) in [5.74, 6) is -0.0365. The van der Waals surface area contributed by atoms with Crippen molar-refractivity contribution < 1.29 is 14.6 Å². The second-order valence-corrected chi connectivity index (χ2v) is 6.22. The van der Waals surface area contributed by atoms with Gasteiger partial charge in [-0.25, -0.2) is 0 Å². The van der Waals surface area contributed by atoms with E-state index in [-0.39, 0.29) is 18.0 Å². The molecule has 21 heavy (non-hydrogen) atoms. The highest BCUT2D eigenvalue weighted by molar-refractivity contribution is 7.99. The number of aromatic nitrogens is 3. The van der Waals surface area contributed by atoms with E-state index in [1.165, 1.54) is 11.8 Å². The normalized spacial score (nSPS) is 22.5. The van der Waals surface area contributed by atoms with Gasteiger partial charge in [0.15, 0.2) is 5.16 Å². The van der Waals surface area contributed by atoms with Gasteiger partial charge in [-0.1, -0.05) is 18.7 Å². The third-order valence-corrected chi connectivity index (χ3v) is 4.12. The minimum atomic E-state index is -0.846. The summed E-state index contributed by atoms with van der Waals surface area (Å²) in [6.07, 6.45) is 1.24. The lowest BCUT2D eigenvalue weighted by Gasteiger charge is -2.35. The summed E-state index contributed by atoms with van der Waals surface area (Å²) < 4.78 is 7.75. The van der Waals surface area contributed by atoms with Gasteiger partial charge in [0.2, 0.25) is 5.95 Å². The summed E-state index contributed by atoms with van der Waals surface area (Å²) in [7, 11) is 0. The second kappa shape index (κ2) is 7.13. The molecule has 1 saturated heterocycles. The highest BCUT2D eigenvalue weighted by Crippen LogP contribution is 2.24. The summed E-state index contributed by atoms with van der Waals surface area (Å²) in [4.78, 5) is 12.9. The molecule has 0 saturated carbocycles. The van der Waals surface area contributed by atoms with Crippen molar-refractivity contribution in [3.63, 3.8) is 0 Å². The van der Waals surface area contributed by atoms with Crippen LogP contribution in [-0.4, -0.2) is 56.9 Å². The van der Waals surface area contributed by atoms with E-state index in [0.717, 1.165) is 32.0 Å². The fourth-order valence-electron chi connectivity index (χ4n) is 2.51. The van der Waals surface area contributed by atoms with Crippen LogP contribution in [0.2, 0.25) is 0 Å². The molecule has 0 aromatic carbocycles. The Balaban J connectivity index is 2.19. The third-order valence-electron chi connectivity index (χ3n) is 3.17. The lowest BCUT2D eigenvalue weighted by molar-refractivity contribution is -0.133. The van der Waals surface area contributed by atoms with E-state index in [1.54, 1.807) is 0 Å². The fourth-order valence-corrected chi connectivity index (χ4v) is 3.19. The van der Waals surface area contributed by atoms with Crippen LogP contribution in [0.25, 0.3) is 0 Å². The van der Waals surface area contributed by atoms with Crippen molar-refractivity contribution in [2.24, 2.45) is 0 Å². The molecule has 0 radical (unpaired) electrons. The highest BCUT2D eigenvalue weighted by Gasteiger charge is 2.27. The average Bonchev–Trinajstić information content (AvgIpc) is 2.79.